The van der Waals surface area contributed by atoms with Gasteiger partial charge in [-0.15, -0.1) is 26.4 Å². The lowest BCUT2D eigenvalue weighted by molar-refractivity contribution is -0.114. The first kappa shape index (κ1) is 74.4. The van der Waals surface area contributed by atoms with Crippen molar-refractivity contribution >= 4 is 48.5 Å². The molecule has 13 nitrogen and oxygen atoms in total. The number of nitrogens with zero attached hydrogens (tertiary/aromatic N) is 2. The first-order valence-electron chi connectivity index (χ1n) is 29.1. The third-order valence-electron chi connectivity index (χ3n) is 19.8. The van der Waals surface area contributed by atoms with E-state index in [4.69, 9.17) is 53.1 Å². The van der Waals surface area contributed by atoms with Crippen molar-refractivity contribution in [3.05, 3.63) is 11.4 Å². The van der Waals surface area contributed by atoms with Crippen LogP contribution in [0, 0.1) is 41.1 Å². The molecule has 4 saturated heterocycles. The summed E-state index contributed by atoms with van der Waals surface area (Å²) < 4.78 is 65.3. The number of hydrogen-bond donors (Lipinski definition) is 1. The monoisotopic (exact) mass is 1180 g/mol. The van der Waals surface area contributed by atoms with E-state index in [1.807, 2.05) is 13.6 Å². The van der Waals surface area contributed by atoms with Crippen LogP contribution >= 0.6 is 29.6 Å². The predicted octanol–water partition coefficient (Wildman–Crippen LogP) is 14.2. The van der Waals surface area contributed by atoms with Crippen LogP contribution < -0.4 is 0 Å². The molecule has 6 unspecified atom stereocenters. The minimum absolute atomic E-state index is 0.00184. The molecule has 0 bridgehead atoms. The fraction of sp³-hybridized carbons (Fsp3) is 0.934. The van der Waals surface area contributed by atoms with Gasteiger partial charge in [-0.3, -0.25) is 0 Å². The molecule has 462 valence electrons. The standard InChI is InChI=1S/C27H54O5P2.C24H48N2O3P2.C10H20O3/c1-17-19(3)30-24(21(17)28-11)26(7,8)32-34(15,16)31-22-18(2)20(4)29-23(22)25(5,6)27(9,10)33(12,13)14;1-17(2)26(18(3)4)30(27-16-15-25-11)29-21-19(5)20(6)28-22(21)23(7,8)24(9,10)31(12,13)14;1-6-7(2)13-9(8(6)12-5)10(3,4)11/h17-24H,12,15H2,1-11,13-14,16H3;17-22H,12,15-16H2,1-10,13-14H3;6-9,11H,1-5H3/t17-,18-,19-,20-,21-,22-,23?,24?,34?;19-,20-,21-,22?,30?;6-,7-,8-,9?/m000/s1. The topological polar surface area (TPSA) is 120 Å². The average molecular weight is 1180 g/mol. The van der Waals surface area contributed by atoms with Gasteiger partial charge in [0.1, 0.15) is 26.2 Å². The van der Waals surface area contributed by atoms with Crippen LogP contribution in [0.2, 0.25) is 0 Å². The molecule has 0 saturated carbocycles. The van der Waals surface area contributed by atoms with Crippen molar-refractivity contribution in [2.24, 2.45) is 34.5 Å². The summed E-state index contributed by atoms with van der Waals surface area (Å²) in [6.07, 6.45) is 13.4. The summed E-state index contributed by atoms with van der Waals surface area (Å²) >= 11 is 0. The van der Waals surface area contributed by atoms with Crippen LogP contribution in [0.5, 0.6) is 0 Å². The second-order valence-electron chi connectivity index (χ2n) is 28.8. The van der Waals surface area contributed by atoms with E-state index in [9.17, 15) is 5.11 Å². The predicted molar refractivity (Wildman–Crippen MR) is 341 cm³/mol. The minimum Gasteiger partial charge on any atom is -0.388 e. The Balaban J connectivity index is 0.000000436. The Hall–Kier alpha value is 0.340. The van der Waals surface area contributed by atoms with E-state index in [1.165, 1.54) is 0 Å². The molecule has 0 aromatic heterocycles. The first-order valence-corrected chi connectivity index (χ1v) is 38.2. The Bertz CT molecular complexity index is 2060. The minimum atomic E-state index is -2.48. The summed E-state index contributed by atoms with van der Waals surface area (Å²) in [6, 6.07) is 0.559. The van der Waals surface area contributed by atoms with E-state index in [2.05, 4.69) is 200 Å². The molecule has 17 heteroatoms. The lowest BCUT2D eigenvalue weighted by Gasteiger charge is -2.52. The molecule has 4 heterocycles. The van der Waals surface area contributed by atoms with Crippen molar-refractivity contribution in [2.75, 3.05) is 60.7 Å². The van der Waals surface area contributed by atoms with Gasteiger partial charge in [0.25, 0.3) is 8.53 Å². The highest BCUT2D eigenvalue weighted by Gasteiger charge is 2.59. The number of ether oxygens (including phenoxy) is 6. The van der Waals surface area contributed by atoms with Crippen LogP contribution in [0.3, 0.4) is 0 Å². The maximum atomic E-state index is 9.85. The van der Waals surface area contributed by atoms with Gasteiger partial charge in [0, 0.05) is 67.5 Å². The number of rotatable bonds is 22. The van der Waals surface area contributed by atoms with E-state index in [-0.39, 0.29) is 118 Å². The Kier molecular flexibility index (Phi) is 26.5. The average Bonchev–Trinajstić information content (AvgIpc) is 3.95. The molecule has 0 spiro atoms. The lowest BCUT2D eigenvalue weighted by Crippen LogP contribution is -2.52. The fourth-order valence-electron chi connectivity index (χ4n) is 11.6. The van der Waals surface area contributed by atoms with Gasteiger partial charge in [-0.2, -0.15) is 0 Å². The zero-order valence-corrected chi connectivity index (χ0v) is 59.2. The Morgan fingerprint density at radius 1 is 0.564 bits per heavy atom. The van der Waals surface area contributed by atoms with Crippen molar-refractivity contribution in [2.45, 2.75) is 273 Å². The van der Waals surface area contributed by atoms with Gasteiger partial charge < -0.3 is 56.5 Å². The van der Waals surface area contributed by atoms with Gasteiger partial charge in [-0.1, -0.05) is 89.4 Å². The summed E-state index contributed by atoms with van der Waals surface area (Å²) in [7, 11) is -0.365. The Morgan fingerprint density at radius 3 is 1.23 bits per heavy atom. The molecule has 18 atom stereocenters. The van der Waals surface area contributed by atoms with Crippen molar-refractivity contribution in [3.63, 3.8) is 0 Å². The third-order valence-corrected chi connectivity index (χ3v) is 30.7. The molecule has 78 heavy (non-hydrogen) atoms. The molecule has 4 fully saturated rings. The molecule has 0 aromatic rings. The maximum absolute atomic E-state index is 9.85. The van der Waals surface area contributed by atoms with Crippen LogP contribution in [0.1, 0.15) is 166 Å². The highest BCUT2D eigenvalue weighted by molar-refractivity contribution is 7.74. The number of methoxy groups -OCH3 is 2. The van der Waals surface area contributed by atoms with Crippen LogP contribution in [-0.2, 0) is 46.5 Å². The summed E-state index contributed by atoms with van der Waals surface area (Å²) in [6.45, 7) is 68.4. The van der Waals surface area contributed by atoms with Crippen molar-refractivity contribution in [1.29, 1.82) is 0 Å². The highest BCUT2D eigenvalue weighted by atomic mass is 31.2. The zero-order chi connectivity index (χ0) is 61.2. The Morgan fingerprint density at radius 2 is 0.897 bits per heavy atom. The van der Waals surface area contributed by atoms with Crippen LogP contribution in [0.15, 0.2) is 0 Å². The molecule has 0 radical (unpaired) electrons. The molecular formula is C61H122N2O11P4. The van der Waals surface area contributed by atoms with Gasteiger partial charge in [0.05, 0.1) is 72.2 Å². The molecule has 4 aliphatic heterocycles. The van der Waals surface area contributed by atoms with Crippen molar-refractivity contribution in [1.82, 2.24) is 4.67 Å². The Labute approximate surface area is 482 Å². The SMILES string of the molecule is C=P(C)(O[C@@H]1C(C(C)(C)C(C)(C)P(=C)(C)C)O[C@@H](C)[C@@H]1C)OC(C)(C)C1O[C@@H](C)[C@H](C)[C@@H]1OC.CO[C@@H]1C(C(C)(C)O)O[C@@H](C)[C@@H]1C.[C-]#[N+]CCOP(O[C@@H]1C(C(C)(C)C(C)(C)P(=C)(C)C)O[C@@H](C)[C@@H]1C)N(C(C)C)C(C)C. The smallest absolute Gasteiger partial charge is 0.259 e. The number of hydrogen-bond acceptors (Lipinski definition) is 12. The van der Waals surface area contributed by atoms with Crippen LogP contribution in [-0.4, -0.2) is 196 Å². The molecule has 4 rings (SSSR count). The van der Waals surface area contributed by atoms with Gasteiger partial charge in [0.2, 0.25) is 6.54 Å². The summed E-state index contributed by atoms with van der Waals surface area (Å²) in [4.78, 5) is 3.46. The molecule has 0 amide bonds. The van der Waals surface area contributed by atoms with E-state index in [0.717, 1.165) is 0 Å². The first-order chi connectivity index (χ1) is 35.0. The summed E-state index contributed by atoms with van der Waals surface area (Å²) in [5, 5.41) is 9.86. The van der Waals surface area contributed by atoms with Gasteiger partial charge in [-0.05, 0) is 120 Å². The van der Waals surface area contributed by atoms with E-state index >= 15 is 0 Å². The summed E-state index contributed by atoms with van der Waals surface area (Å²) in [5.74, 6) is 1.11. The van der Waals surface area contributed by atoms with Crippen LogP contribution in [0.4, 0.5) is 0 Å². The summed E-state index contributed by atoms with van der Waals surface area (Å²) in [5.41, 5.74) is -1.72. The second-order valence-corrected chi connectivity index (χ2v) is 41.6. The van der Waals surface area contributed by atoms with Crippen molar-refractivity contribution in [3.8, 4) is 0 Å². The van der Waals surface area contributed by atoms with E-state index < -0.39 is 40.8 Å². The zero-order valence-electron chi connectivity index (χ0n) is 55.6. The number of aliphatic hydroxyl groups is 1. The highest BCUT2D eigenvalue weighted by Crippen LogP contribution is 2.65. The van der Waals surface area contributed by atoms with Gasteiger partial charge in [-0.25, -0.2) is 11.2 Å². The van der Waals surface area contributed by atoms with Gasteiger partial charge >= 0.3 is 0 Å². The van der Waals surface area contributed by atoms with Crippen molar-refractivity contribution < 1.29 is 51.6 Å². The normalized spacial score (nSPS) is 33.9. The third kappa shape index (κ3) is 16.9. The van der Waals surface area contributed by atoms with Crippen LogP contribution in [0.25, 0.3) is 4.85 Å². The molecular weight excluding hydrogens is 1060 g/mol. The molecule has 1 N–H and O–H groups in total. The molecule has 0 aromatic carbocycles. The largest absolute Gasteiger partial charge is 0.388 e. The fourth-order valence-corrected chi connectivity index (χ4v) is 18.8. The van der Waals surface area contributed by atoms with Gasteiger partial charge in [0.15, 0.2) is 0 Å². The van der Waals surface area contributed by atoms with E-state index in [0.29, 0.717) is 25.0 Å². The van der Waals surface area contributed by atoms with E-state index in [1.54, 1.807) is 28.1 Å². The molecule has 0 aliphatic carbocycles. The lowest BCUT2D eigenvalue weighted by atomic mass is 9.72. The molecule has 4 aliphatic rings. The maximum Gasteiger partial charge on any atom is 0.259 e. The second kappa shape index (κ2) is 27.8. The quantitative estimate of drug-likeness (QED) is 0.0631.